The first-order valence-electron chi connectivity index (χ1n) is 5.13. The highest BCUT2D eigenvalue weighted by Crippen LogP contribution is 2.28. The Labute approximate surface area is 81.3 Å². The van der Waals surface area contributed by atoms with Gasteiger partial charge in [0.1, 0.15) is 6.29 Å². The number of carbonyl (C=O) groups is 1. The minimum Gasteiger partial charge on any atom is -0.393 e. The molecule has 0 bridgehead atoms. The fourth-order valence-corrected chi connectivity index (χ4v) is 1.59. The van der Waals surface area contributed by atoms with Crippen molar-refractivity contribution in [1.29, 1.82) is 0 Å². The summed E-state index contributed by atoms with van der Waals surface area (Å²) < 4.78 is 0. The van der Waals surface area contributed by atoms with Crippen molar-refractivity contribution >= 4 is 6.29 Å². The van der Waals surface area contributed by atoms with E-state index in [1.807, 2.05) is 0 Å². The molecule has 2 nitrogen and oxygen atoms in total. The Morgan fingerprint density at radius 1 is 1.38 bits per heavy atom. The summed E-state index contributed by atoms with van der Waals surface area (Å²) in [5.74, 6) is 0. The summed E-state index contributed by atoms with van der Waals surface area (Å²) in [6.45, 7) is 6.60. The predicted octanol–water partition coefficient (Wildman–Crippen LogP) is 2.54. The van der Waals surface area contributed by atoms with Gasteiger partial charge in [-0.3, -0.25) is 0 Å². The van der Waals surface area contributed by atoms with Crippen molar-refractivity contribution in [3.63, 3.8) is 0 Å². The molecular formula is C11H22O2. The summed E-state index contributed by atoms with van der Waals surface area (Å²) in [5, 5.41) is 9.35. The van der Waals surface area contributed by atoms with Crippen molar-refractivity contribution in [3.8, 4) is 0 Å². The third-order valence-electron chi connectivity index (χ3n) is 2.45. The van der Waals surface area contributed by atoms with Crippen LogP contribution in [0.2, 0.25) is 0 Å². The normalized spacial score (nSPS) is 14.2. The van der Waals surface area contributed by atoms with Crippen LogP contribution in [0.25, 0.3) is 0 Å². The van der Waals surface area contributed by atoms with E-state index >= 15 is 0 Å². The van der Waals surface area contributed by atoms with Crippen LogP contribution in [0.3, 0.4) is 0 Å². The number of hydrogen-bond acceptors (Lipinski definition) is 2. The average Bonchev–Trinajstić information content (AvgIpc) is 2.02. The van der Waals surface area contributed by atoms with Gasteiger partial charge in [-0.05, 0) is 24.7 Å². The summed E-state index contributed by atoms with van der Waals surface area (Å²) in [6, 6.07) is 0. The molecule has 0 amide bonds. The van der Waals surface area contributed by atoms with E-state index in [0.717, 1.165) is 19.1 Å². The van der Waals surface area contributed by atoms with Crippen molar-refractivity contribution in [2.24, 2.45) is 5.41 Å². The van der Waals surface area contributed by atoms with E-state index in [4.69, 9.17) is 0 Å². The maximum atomic E-state index is 10.1. The van der Waals surface area contributed by atoms with Gasteiger partial charge in [0.15, 0.2) is 0 Å². The van der Waals surface area contributed by atoms with Crippen molar-refractivity contribution < 1.29 is 9.90 Å². The summed E-state index contributed by atoms with van der Waals surface area (Å²) in [6.07, 6.45) is 4.73. The quantitative estimate of drug-likeness (QED) is 0.620. The van der Waals surface area contributed by atoms with Crippen LogP contribution in [0.4, 0.5) is 0 Å². The number of aliphatic hydroxyl groups is 1. The molecule has 0 aliphatic rings. The lowest BCUT2D eigenvalue weighted by Gasteiger charge is -2.24. The molecule has 0 aliphatic carbocycles. The van der Waals surface area contributed by atoms with Crippen molar-refractivity contribution in [3.05, 3.63) is 0 Å². The molecule has 0 aromatic carbocycles. The van der Waals surface area contributed by atoms with Gasteiger partial charge < -0.3 is 9.90 Å². The highest BCUT2D eigenvalue weighted by atomic mass is 16.3. The summed E-state index contributed by atoms with van der Waals surface area (Å²) in [4.78, 5) is 10.1. The summed E-state index contributed by atoms with van der Waals surface area (Å²) >= 11 is 0. The Bertz CT molecular complexity index is 141. The fraction of sp³-hybridized carbons (Fsp3) is 0.909. The number of aliphatic hydroxyl groups excluding tert-OH is 1. The second kappa shape index (κ2) is 6.14. The second-order valence-electron chi connectivity index (χ2n) is 4.51. The molecule has 0 aliphatic heterocycles. The van der Waals surface area contributed by atoms with Gasteiger partial charge >= 0.3 is 0 Å². The highest BCUT2D eigenvalue weighted by Gasteiger charge is 2.17. The zero-order valence-electron chi connectivity index (χ0n) is 9.05. The van der Waals surface area contributed by atoms with Crippen LogP contribution in [-0.2, 0) is 4.79 Å². The minimum absolute atomic E-state index is 0.280. The third-order valence-corrected chi connectivity index (χ3v) is 2.45. The van der Waals surface area contributed by atoms with Crippen molar-refractivity contribution in [1.82, 2.24) is 0 Å². The number of rotatable bonds is 7. The number of carbonyl (C=O) groups excluding carboxylic acids is 1. The average molecular weight is 186 g/mol. The first kappa shape index (κ1) is 12.6. The van der Waals surface area contributed by atoms with Crippen LogP contribution in [0.1, 0.15) is 52.9 Å². The van der Waals surface area contributed by atoms with Crippen LogP contribution in [0, 0.1) is 5.41 Å². The Hall–Kier alpha value is -0.370. The van der Waals surface area contributed by atoms with E-state index in [1.54, 1.807) is 0 Å². The van der Waals surface area contributed by atoms with Gasteiger partial charge in [0, 0.05) is 6.42 Å². The van der Waals surface area contributed by atoms with Gasteiger partial charge in [0.25, 0.3) is 0 Å². The molecule has 13 heavy (non-hydrogen) atoms. The molecule has 0 fully saturated rings. The fourth-order valence-electron chi connectivity index (χ4n) is 1.59. The molecule has 0 radical (unpaired) electrons. The molecule has 2 heteroatoms. The Morgan fingerprint density at radius 3 is 2.46 bits per heavy atom. The molecule has 0 heterocycles. The highest BCUT2D eigenvalue weighted by molar-refractivity contribution is 5.49. The van der Waals surface area contributed by atoms with Crippen LogP contribution in [-0.4, -0.2) is 17.5 Å². The maximum absolute atomic E-state index is 10.1. The smallest absolute Gasteiger partial charge is 0.122 e. The molecule has 1 unspecified atom stereocenters. The molecule has 1 N–H and O–H groups in total. The predicted molar refractivity (Wildman–Crippen MR) is 54.6 cm³/mol. The monoisotopic (exact) mass is 186 g/mol. The van der Waals surface area contributed by atoms with Gasteiger partial charge in [-0.1, -0.05) is 27.2 Å². The molecule has 0 rings (SSSR count). The van der Waals surface area contributed by atoms with E-state index in [9.17, 15) is 9.90 Å². The molecule has 0 saturated heterocycles. The third kappa shape index (κ3) is 6.76. The van der Waals surface area contributed by atoms with E-state index < -0.39 is 6.10 Å². The van der Waals surface area contributed by atoms with Crippen LogP contribution in [0.5, 0.6) is 0 Å². The number of hydrogen-bond donors (Lipinski definition) is 1. The Morgan fingerprint density at radius 2 is 2.00 bits per heavy atom. The molecule has 0 saturated carbocycles. The lowest BCUT2D eigenvalue weighted by molar-refractivity contribution is -0.109. The van der Waals surface area contributed by atoms with E-state index in [1.165, 1.54) is 12.8 Å². The minimum atomic E-state index is -0.436. The molecule has 78 valence electrons. The van der Waals surface area contributed by atoms with Crippen LogP contribution in [0.15, 0.2) is 0 Å². The lowest BCUT2D eigenvalue weighted by Crippen LogP contribution is -2.16. The molecule has 0 aromatic heterocycles. The van der Waals surface area contributed by atoms with Gasteiger partial charge in [0.2, 0.25) is 0 Å². The van der Waals surface area contributed by atoms with Crippen LogP contribution >= 0.6 is 0 Å². The van der Waals surface area contributed by atoms with Gasteiger partial charge in [-0.2, -0.15) is 0 Å². The SMILES string of the molecule is CCCC(C)(C)CCC(O)CC=O. The van der Waals surface area contributed by atoms with Gasteiger partial charge in [-0.15, -0.1) is 0 Å². The van der Waals surface area contributed by atoms with E-state index in [-0.39, 0.29) is 6.42 Å². The standard InChI is InChI=1S/C11H22O2/c1-4-7-11(2,3)8-5-10(13)6-9-12/h9-10,13H,4-8H2,1-3H3. The van der Waals surface area contributed by atoms with E-state index in [2.05, 4.69) is 20.8 Å². The topological polar surface area (TPSA) is 37.3 Å². The Kier molecular flexibility index (Phi) is 5.97. The van der Waals surface area contributed by atoms with Crippen molar-refractivity contribution in [2.45, 2.75) is 59.0 Å². The molecular weight excluding hydrogens is 164 g/mol. The lowest BCUT2D eigenvalue weighted by atomic mass is 9.82. The number of aldehydes is 1. The molecule has 0 spiro atoms. The zero-order valence-corrected chi connectivity index (χ0v) is 9.05. The summed E-state index contributed by atoms with van der Waals surface area (Å²) in [7, 11) is 0. The van der Waals surface area contributed by atoms with Gasteiger partial charge in [-0.25, -0.2) is 0 Å². The molecule has 0 aromatic rings. The van der Waals surface area contributed by atoms with Gasteiger partial charge in [0.05, 0.1) is 6.10 Å². The Balaban J connectivity index is 3.66. The molecule has 1 atom stereocenters. The summed E-state index contributed by atoms with van der Waals surface area (Å²) in [5.41, 5.74) is 0.304. The first-order chi connectivity index (χ1) is 6.02. The first-order valence-corrected chi connectivity index (χ1v) is 5.13. The van der Waals surface area contributed by atoms with Crippen LogP contribution < -0.4 is 0 Å². The zero-order chi connectivity index (χ0) is 10.3. The second-order valence-corrected chi connectivity index (χ2v) is 4.51. The maximum Gasteiger partial charge on any atom is 0.122 e. The largest absolute Gasteiger partial charge is 0.393 e. The van der Waals surface area contributed by atoms with E-state index in [0.29, 0.717) is 5.41 Å². The van der Waals surface area contributed by atoms with Crippen molar-refractivity contribution in [2.75, 3.05) is 0 Å².